The fourth-order valence-electron chi connectivity index (χ4n) is 3.10. The quantitative estimate of drug-likeness (QED) is 0.543. The molecule has 0 aliphatic rings. The maximum atomic E-state index is 4.99. The molecular weight excluding hydrogens is 328 g/mol. The highest BCUT2D eigenvalue weighted by atomic mass is 14.7. The van der Waals surface area contributed by atoms with Gasteiger partial charge < -0.3 is 0 Å². The molecule has 0 fully saturated rings. The van der Waals surface area contributed by atoms with E-state index in [1.807, 2.05) is 30.6 Å². The lowest BCUT2D eigenvalue weighted by Crippen LogP contribution is -2.21. The Kier molecular flexibility index (Phi) is 5.99. The average molecular weight is 365 g/mol. The van der Waals surface area contributed by atoms with Gasteiger partial charge in [-0.2, -0.15) is 0 Å². The van der Waals surface area contributed by atoms with Crippen LogP contribution in [0.5, 0.6) is 0 Å². The standard InChI is InChI=1S/C25H36N2/c1-23(2,3)18-16-20(24(4,5)6)22(21(17-18)25(7,8)9)27-15-13-19-12-10-11-14-26-19/h10-12,14-17H,13H2,1-9H3. The van der Waals surface area contributed by atoms with Gasteiger partial charge in [0.25, 0.3) is 0 Å². The molecule has 0 N–H and O–H groups in total. The monoisotopic (exact) mass is 364 g/mol. The molecule has 0 saturated carbocycles. The van der Waals surface area contributed by atoms with Gasteiger partial charge in [0.05, 0.1) is 5.69 Å². The van der Waals surface area contributed by atoms with E-state index in [1.165, 1.54) is 16.7 Å². The van der Waals surface area contributed by atoms with Gasteiger partial charge in [-0.05, 0) is 45.1 Å². The molecule has 1 aromatic heterocycles. The zero-order valence-electron chi connectivity index (χ0n) is 18.6. The molecule has 2 rings (SSSR count). The summed E-state index contributed by atoms with van der Waals surface area (Å²) in [7, 11) is 0. The summed E-state index contributed by atoms with van der Waals surface area (Å²) < 4.78 is 0. The Morgan fingerprint density at radius 1 is 0.815 bits per heavy atom. The second-order valence-corrected chi connectivity index (χ2v) is 10.5. The van der Waals surface area contributed by atoms with Gasteiger partial charge in [0.15, 0.2) is 0 Å². The fraction of sp³-hybridized carbons (Fsp3) is 0.520. The van der Waals surface area contributed by atoms with Gasteiger partial charge >= 0.3 is 0 Å². The predicted octanol–water partition coefficient (Wildman–Crippen LogP) is 6.92. The maximum Gasteiger partial charge on any atom is 0.0700 e. The van der Waals surface area contributed by atoms with Crippen LogP contribution in [0, 0.1) is 0 Å². The minimum Gasteiger partial charge on any atom is -0.261 e. The lowest BCUT2D eigenvalue weighted by Gasteiger charge is -2.32. The molecule has 0 aliphatic carbocycles. The van der Waals surface area contributed by atoms with Crippen LogP contribution in [0.1, 0.15) is 84.7 Å². The molecule has 0 aliphatic heterocycles. The van der Waals surface area contributed by atoms with E-state index in [2.05, 4.69) is 79.4 Å². The zero-order valence-corrected chi connectivity index (χ0v) is 18.6. The summed E-state index contributed by atoms with van der Waals surface area (Å²) in [5, 5.41) is 0. The van der Waals surface area contributed by atoms with E-state index >= 15 is 0 Å². The average Bonchev–Trinajstić information content (AvgIpc) is 2.52. The molecule has 0 atom stereocenters. The summed E-state index contributed by atoms with van der Waals surface area (Å²) in [5.74, 6) is 0. The summed E-state index contributed by atoms with van der Waals surface area (Å²) in [6, 6.07) is 10.7. The molecule has 27 heavy (non-hydrogen) atoms. The van der Waals surface area contributed by atoms with Crippen LogP contribution in [-0.2, 0) is 22.7 Å². The largest absolute Gasteiger partial charge is 0.261 e. The van der Waals surface area contributed by atoms with Crippen molar-refractivity contribution in [3.63, 3.8) is 0 Å². The number of aliphatic imine (C=N–C) groups is 1. The Hall–Kier alpha value is -1.96. The van der Waals surface area contributed by atoms with Gasteiger partial charge in [-0.25, -0.2) is 0 Å². The molecule has 0 radical (unpaired) electrons. The van der Waals surface area contributed by atoms with E-state index in [0.29, 0.717) is 0 Å². The van der Waals surface area contributed by atoms with Crippen LogP contribution in [0.15, 0.2) is 41.5 Å². The van der Waals surface area contributed by atoms with Crippen molar-refractivity contribution >= 4 is 11.9 Å². The van der Waals surface area contributed by atoms with Crippen LogP contribution in [0.2, 0.25) is 0 Å². The molecule has 0 unspecified atom stereocenters. The maximum absolute atomic E-state index is 4.99. The molecule has 0 bridgehead atoms. The van der Waals surface area contributed by atoms with E-state index in [0.717, 1.165) is 17.8 Å². The van der Waals surface area contributed by atoms with Gasteiger partial charge in [0.1, 0.15) is 0 Å². The minimum atomic E-state index is 0.0267. The van der Waals surface area contributed by atoms with Gasteiger partial charge in [-0.15, -0.1) is 0 Å². The number of pyridine rings is 1. The first-order valence-electron chi connectivity index (χ1n) is 9.92. The minimum absolute atomic E-state index is 0.0267. The number of rotatable bonds is 3. The number of benzene rings is 1. The number of nitrogens with zero attached hydrogens (tertiary/aromatic N) is 2. The highest BCUT2D eigenvalue weighted by molar-refractivity contribution is 5.71. The van der Waals surface area contributed by atoms with Crippen LogP contribution in [-0.4, -0.2) is 11.2 Å². The Morgan fingerprint density at radius 2 is 1.37 bits per heavy atom. The molecule has 1 aromatic carbocycles. The SMILES string of the molecule is CC(C)(C)c1cc(C(C)(C)C)c(N=CCc2ccccn2)c(C(C)(C)C)c1. The summed E-state index contributed by atoms with van der Waals surface area (Å²) in [5.41, 5.74) is 6.34. The number of hydrogen-bond donors (Lipinski definition) is 0. The Balaban J connectivity index is 2.62. The summed E-state index contributed by atoms with van der Waals surface area (Å²) in [6.45, 7) is 20.5. The Morgan fingerprint density at radius 3 is 1.78 bits per heavy atom. The molecule has 2 aromatic rings. The van der Waals surface area contributed by atoms with Crippen molar-refractivity contribution < 1.29 is 0 Å². The van der Waals surface area contributed by atoms with Crippen molar-refractivity contribution in [2.24, 2.45) is 4.99 Å². The van der Waals surface area contributed by atoms with Gasteiger partial charge in [-0.1, -0.05) is 80.5 Å². The van der Waals surface area contributed by atoms with E-state index in [-0.39, 0.29) is 16.2 Å². The van der Waals surface area contributed by atoms with Crippen LogP contribution in [0.4, 0.5) is 5.69 Å². The number of aromatic nitrogens is 1. The molecule has 0 saturated heterocycles. The molecule has 0 amide bonds. The van der Waals surface area contributed by atoms with Crippen LogP contribution < -0.4 is 0 Å². The Bertz CT molecular complexity index is 760. The molecule has 0 spiro atoms. The summed E-state index contributed by atoms with van der Waals surface area (Å²) in [6.07, 6.45) is 4.59. The van der Waals surface area contributed by atoms with Crippen molar-refractivity contribution in [3.8, 4) is 0 Å². The third kappa shape index (κ3) is 5.51. The zero-order chi connectivity index (χ0) is 20.5. The van der Waals surface area contributed by atoms with Crippen molar-refractivity contribution in [3.05, 3.63) is 58.9 Å². The second-order valence-electron chi connectivity index (χ2n) is 10.5. The highest BCUT2D eigenvalue weighted by Gasteiger charge is 2.28. The molecule has 2 nitrogen and oxygen atoms in total. The van der Waals surface area contributed by atoms with Crippen LogP contribution in [0.25, 0.3) is 0 Å². The van der Waals surface area contributed by atoms with E-state index < -0.39 is 0 Å². The van der Waals surface area contributed by atoms with Gasteiger partial charge in [0.2, 0.25) is 0 Å². The molecule has 2 heteroatoms. The van der Waals surface area contributed by atoms with E-state index in [4.69, 9.17) is 4.99 Å². The lowest BCUT2D eigenvalue weighted by atomic mass is 9.74. The summed E-state index contributed by atoms with van der Waals surface area (Å²) in [4.78, 5) is 9.40. The van der Waals surface area contributed by atoms with E-state index in [9.17, 15) is 0 Å². The first-order valence-corrected chi connectivity index (χ1v) is 9.92. The Labute approximate surface area is 166 Å². The lowest BCUT2D eigenvalue weighted by molar-refractivity contribution is 0.550. The first kappa shape index (κ1) is 21.3. The van der Waals surface area contributed by atoms with Crippen molar-refractivity contribution in [2.75, 3.05) is 0 Å². The topological polar surface area (TPSA) is 25.2 Å². The normalized spacial score (nSPS) is 13.4. The van der Waals surface area contributed by atoms with Gasteiger partial charge in [-0.3, -0.25) is 9.98 Å². The van der Waals surface area contributed by atoms with Gasteiger partial charge in [0, 0.05) is 24.5 Å². The van der Waals surface area contributed by atoms with Crippen LogP contribution >= 0.6 is 0 Å². The molecular formula is C25H36N2. The molecule has 146 valence electrons. The summed E-state index contributed by atoms with van der Waals surface area (Å²) >= 11 is 0. The third-order valence-corrected chi connectivity index (χ3v) is 4.84. The third-order valence-electron chi connectivity index (χ3n) is 4.84. The predicted molar refractivity (Wildman–Crippen MR) is 119 cm³/mol. The number of hydrogen-bond acceptors (Lipinski definition) is 2. The van der Waals surface area contributed by atoms with Crippen LogP contribution in [0.3, 0.4) is 0 Å². The first-order chi connectivity index (χ1) is 12.3. The van der Waals surface area contributed by atoms with E-state index in [1.54, 1.807) is 0 Å². The second kappa shape index (κ2) is 7.58. The van der Waals surface area contributed by atoms with Crippen molar-refractivity contribution in [1.82, 2.24) is 4.98 Å². The highest BCUT2D eigenvalue weighted by Crippen LogP contribution is 2.42. The smallest absolute Gasteiger partial charge is 0.0700 e. The van der Waals surface area contributed by atoms with Crippen molar-refractivity contribution in [2.45, 2.75) is 85.0 Å². The van der Waals surface area contributed by atoms with Crippen molar-refractivity contribution in [1.29, 1.82) is 0 Å². The molecule has 1 heterocycles. The fourth-order valence-corrected chi connectivity index (χ4v) is 3.10.